The summed E-state index contributed by atoms with van der Waals surface area (Å²) >= 11 is 0. The van der Waals surface area contributed by atoms with Gasteiger partial charge in [0.05, 0.1) is 0 Å². The average molecular weight is 843 g/mol. The molecule has 0 saturated heterocycles. The molecule has 4 aromatic carbocycles. The highest BCUT2D eigenvalue weighted by Gasteiger charge is 2.29. The maximum absolute atomic E-state index is 5.64. The summed E-state index contributed by atoms with van der Waals surface area (Å²) in [5.41, 5.74) is 16.0. The first-order valence-electron chi connectivity index (χ1n) is 23.6. The Morgan fingerprint density at radius 1 is 0.328 bits per heavy atom. The largest absolute Gasteiger partial charge is 0.324 e. The first-order valence-corrected chi connectivity index (χ1v) is 23.6. The Labute approximate surface area is 377 Å². The number of rotatable bonds is 16. The van der Waals surface area contributed by atoms with Crippen LogP contribution in [0.1, 0.15) is 137 Å². The monoisotopic (exact) mass is 842 g/mol. The zero-order valence-corrected chi connectivity index (χ0v) is 37.7. The Hall–Kier alpha value is -6.80. The van der Waals surface area contributed by atoms with Crippen molar-refractivity contribution in [2.75, 3.05) is 0 Å². The van der Waals surface area contributed by atoms with Crippen LogP contribution in [0.15, 0.2) is 121 Å². The Morgan fingerprint density at radius 2 is 0.656 bits per heavy atom. The molecule has 7 aromatic rings. The van der Waals surface area contributed by atoms with E-state index in [0.29, 0.717) is 23.3 Å². The van der Waals surface area contributed by atoms with Crippen molar-refractivity contribution in [3.8, 4) is 22.3 Å². The van der Waals surface area contributed by atoms with Gasteiger partial charge in [-0.3, -0.25) is 0 Å². The molecule has 2 aliphatic rings. The van der Waals surface area contributed by atoms with Gasteiger partial charge < -0.3 is 9.97 Å². The molecule has 0 unspecified atom stereocenters. The van der Waals surface area contributed by atoms with E-state index in [1.54, 1.807) is 0 Å². The highest BCUT2D eigenvalue weighted by atomic mass is 15.1. The Bertz CT molecular complexity index is 2960. The summed E-state index contributed by atoms with van der Waals surface area (Å²) in [6.07, 6.45) is 11.4. The minimum atomic E-state index is 0.630. The van der Waals surface area contributed by atoms with E-state index in [0.717, 1.165) is 166 Å². The van der Waals surface area contributed by atoms with Gasteiger partial charge in [-0.25, -0.2) is 29.9 Å². The molecule has 0 spiro atoms. The van der Waals surface area contributed by atoms with Crippen LogP contribution in [-0.4, -0.2) is 39.9 Å². The molecule has 0 atom stereocenters. The summed E-state index contributed by atoms with van der Waals surface area (Å²) < 4.78 is 0. The van der Waals surface area contributed by atoms with Gasteiger partial charge in [-0.15, -0.1) is 0 Å². The molecule has 2 aliphatic heterocycles. The van der Waals surface area contributed by atoms with Gasteiger partial charge in [-0.1, -0.05) is 175 Å². The van der Waals surface area contributed by atoms with Crippen LogP contribution < -0.4 is 0 Å². The molecule has 0 fully saturated rings. The van der Waals surface area contributed by atoms with E-state index in [1.165, 1.54) is 0 Å². The van der Waals surface area contributed by atoms with Crippen molar-refractivity contribution in [1.82, 2.24) is 39.9 Å². The molecule has 8 bridgehead atoms. The number of unbranched alkanes of at least 4 members (excludes halogenated alkanes) is 4. The minimum absolute atomic E-state index is 0.630. The number of nitrogens with one attached hydrogen (secondary N) is 2. The fourth-order valence-electron chi connectivity index (χ4n) is 9.12. The third-order valence-electron chi connectivity index (χ3n) is 12.4. The third kappa shape index (κ3) is 8.61. The molecule has 0 amide bonds. The van der Waals surface area contributed by atoms with Crippen molar-refractivity contribution < 1.29 is 0 Å². The highest BCUT2D eigenvalue weighted by Crippen LogP contribution is 2.41. The van der Waals surface area contributed by atoms with Crippen LogP contribution in [0.5, 0.6) is 0 Å². The topological polar surface area (TPSA) is 109 Å². The number of allylic oxidation sites excluding steroid dienone is 2. The van der Waals surface area contributed by atoms with Crippen LogP contribution in [0.4, 0.5) is 0 Å². The molecule has 8 nitrogen and oxygen atoms in total. The van der Waals surface area contributed by atoms with Gasteiger partial charge in [0.2, 0.25) is 0 Å². The Balaban J connectivity index is 1.50. The maximum Gasteiger partial charge on any atom is 0.165 e. The van der Waals surface area contributed by atoms with Gasteiger partial charge in [-0.2, -0.15) is 0 Å². The van der Waals surface area contributed by atoms with Gasteiger partial charge in [0, 0.05) is 44.5 Å². The molecule has 9 rings (SSSR count). The molecular formula is C56H58N8. The number of aromatic amines is 2. The molecule has 0 aliphatic carbocycles. The number of H-pyrrole nitrogens is 2. The van der Waals surface area contributed by atoms with Crippen molar-refractivity contribution in [2.24, 2.45) is 0 Å². The van der Waals surface area contributed by atoms with Crippen molar-refractivity contribution in [2.45, 2.75) is 105 Å². The van der Waals surface area contributed by atoms with Crippen molar-refractivity contribution >= 4 is 44.9 Å². The number of aromatic nitrogens is 8. The Kier molecular flexibility index (Phi) is 13.1. The maximum atomic E-state index is 5.64. The Morgan fingerprint density at radius 3 is 1.08 bits per heavy atom. The van der Waals surface area contributed by atoms with E-state index >= 15 is 0 Å². The second kappa shape index (κ2) is 19.7. The van der Waals surface area contributed by atoms with Crippen molar-refractivity contribution in [3.05, 3.63) is 167 Å². The molecule has 8 heteroatoms. The van der Waals surface area contributed by atoms with Crippen LogP contribution in [-0.2, 0) is 12.8 Å². The standard InChI is InChI=1S/C56H58N8/c1-5-9-33-41-45(37-25-17-13-18-26-37)53-57-49(41)61-54-46(38-27-19-14-20-28-38)42(34-10-6-2)51(58-54)63-56-48(40-31-23-16-24-32-40)44(36-12-8-4)52(60-56)64-55-47(39-29-21-15-22-30-39)43(35-11-7-3)50(59-55)62-53/h13-32H,5-12,33-36H2,1-4H3,(H2,57,58,59,60,61,62,63,64). The van der Waals surface area contributed by atoms with Gasteiger partial charge >= 0.3 is 0 Å². The van der Waals surface area contributed by atoms with E-state index in [2.05, 4.69) is 159 Å². The number of benzene rings is 4. The summed E-state index contributed by atoms with van der Waals surface area (Å²) in [6.45, 7) is 8.96. The lowest BCUT2D eigenvalue weighted by Crippen LogP contribution is -1.96. The van der Waals surface area contributed by atoms with E-state index in [-0.39, 0.29) is 0 Å². The number of hydrogen-bond donors (Lipinski definition) is 2. The number of hydrogen-bond acceptors (Lipinski definition) is 6. The molecular weight excluding hydrogens is 785 g/mol. The predicted molar refractivity (Wildman–Crippen MR) is 264 cm³/mol. The molecule has 0 radical (unpaired) electrons. The van der Waals surface area contributed by atoms with E-state index in [1.807, 2.05) is 0 Å². The zero-order valence-electron chi connectivity index (χ0n) is 37.7. The SMILES string of the molecule is CCCCC1=C(c2ccccc2)c2nc3nc(nc4[nH]c(nc5[nH]c(nc1n2)c(-c1ccccc1)c5CCCC)c(-c1ccccc1)c4CCCC)C(c1ccccc1)=C3CCCC. The first kappa shape index (κ1) is 42.5. The lowest BCUT2D eigenvalue weighted by molar-refractivity contribution is 0.799. The summed E-state index contributed by atoms with van der Waals surface area (Å²) in [7, 11) is 0. The molecule has 64 heavy (non-hydrogen) atoms. The zero-order chi connectivity index (χ0) is 43.8. The third-order valence-corrected chi connectivity index (χ3v) is 12.4. The van der Waals surface area contributed by atoms with Crippen LogP contribution in [0.3, 0.4) is 0 Å². The molecule has 5 heterocycles. The molecule has 322 valence electrons. The van der Waals surface area contributed by atoms with Crippen LogP contribution in [0.2, 0.25) is 0 Å². The predicted octanol–water partition coefficient (Wildman–Crippen LogP) is 14.2. The number of aryl methyl sites for hydroxylation is 2. The highest BCUT2D eigenvalue weighted by molar-refractivity contribution is 6.01. The lowest BCUT2D eigenvalue weighted by Gasteiger charge is -2.09. The van der Waals surface area contributed by atoms with Crippen molar-refractivity contribution in [1.29, 1.82) is 0 Å². The fourth-order valence-corrected chi connectivity index (χ4v) is 9.12. The second-order valence-corrected chi connectivity index (χ2v) is 16.9. The lowest BCUT2D eigenvalue weighted by atomic mass is 9.96. The quantitative estimate of drug-likeness (QED) is 0.100. The van der Waals surface area contributed by atoms with Crippen molar-refractivity contribution in [3.63, 3.8) is 0 Å². The number of fused-ring (bicyclic) bond motifs is 8. The summed E-state index contributed by atoms with van der Waals surface area (Å²) in [4.78, 5) is 40.9. The molecule has 0 saturated carbocycles. The second-order valence-electron chi connectivity index (χ2n) is 16.9. The summed E-state index contributed by atoms with van der Waals surface area (Å²) in [6, 6.07) is 42.5. The van der Waals surface area contributed by atoms with Gasteiger partial charge in [0.15, 0.2) is 23.3 Å². The molecule has 2 N–H and O–H groups in total. The minimum Gasteiger partial charge on any atom is -0.324 e. The van der Waals surface area contributed by atoms with Gasteiger partial charge in [-0.05, 0) is 73.6 Å². The van der Waals surface area contributed by atoms with Gasteiger partial charge in [0.1, 0.15) is 22.6 Å². The van der Waals surface area contributed by atoms with E-state index < -0.39 is 0 Å². The first-order chi connectivity index (χ1) is 31.6. The normalized spacial score (nSPS) is 12.7. The smallest absolute Gasteiger partial charge is 0.165 e. The van der Waals surface area contributed by atoms with Crippen LogP contribution in [0, 0.1) is 0 Å². The average Bonchev–Trinajstić information content (AvgIpc) is 4.06. The summed E-state index contributed by atoms with van der Waals surface area (Å²) in [5, 5.41) is 0. The van der Waals surface area contributed by atoms with Gasteiger partial charge in [0.25, 0.3) is 0 Å². The van der Waals surface area contributed by atoms with Crippen LogP contribution in [0.25, 0.3) is 67.1 Å². The van der Waals surface area contributed by atoms with E-state index in [9.17, 15) is 0 Å². The fraction of sp³-hybridized carbons (Fsp3) is 0.286. The van der Waals surface area contributed by atoms with E-state index in [4.69, 9.17) is 29.9 Å². The number of nitrogens with zero attached hydrogens (tertiary/aromatic N) is 6. The molecule has 3 aromatic heterocycles. The van der Waals surface area contributed by atoms with Crippen LogP contribution >= 0.6 is 0 Å². The summed E-state index contributed by atoms with van der Waals surface area (Å²) in [5.74, 6) is 2.61.